The minimum absolute atomic E-state index is 0.0882. The Bertz CT molecular complexity index is 626. The van der Waals surface area contributed by atoms with Crippen LogP contribution in [0.4, 0.5) is 14.9 Å². The van der Waals surface area contributed by atoms with Crippen LogP contribution in [0.5, 0.6) is 0 Å². The van der Waals surface area contributed by atoms with E-state index < -0.39 is 5.97 Å². The van der Waals surface area contributed by atoms with E-state index in [1.54, 1.807) is 29.0 Å². The number of likely N-dealkylation sites (N-methyl/N-ethyl adjacent to an activating group) is 1. The number of hydrogen-bond donors (Lipinski definition) is 2. The highest BCUT2D eigenvalue weighted by molar-refractivity contribution is 5.89. The molecule has 1 heterocycles. The molecule has 1 saturated heterocycles. The van der Waals surface area contributed by atoms with Gasteiger partial charge in [-0.05, 0) is 31.2 Å². The average Bonchev–Trinajstić information content (AvgIpc) is 2.54. The van der Waals surface area contributed by atoms with Crippen molar-refractivity contribution in [1.29, 1.82) is 0 Å². The number of benzene rings is 1. The molecule has 138 valence electrons. The highest BCUT2D eigenvalue weighted by atomic mass is 19.1. The van der Waals surface area contributed by atoms with Crippen LogP contribution in [0.3, 0.4) is 0 Å². The van der Waals surface area contributed by atoms with Crippen LogP contribution in [0, 0.1) is 5.82 Å². The number of carboxylic acid groups (broad SMARTS) is 1. The van der Waals surface area contributed by atoms with E-state index in [1.165, 1.54) is 6.07 Å². The predicted octanol–water partition coefficient (Wildman–Crippen LogP) is 1.64. The van der Waals surface area contributed by atoms with Crippen molar-refractivity contribution in [2.45, 2.75) is 19.4 Å². The van der Waals surface area contributed by atoms with Crippen LogP contribution in [0.1, 0.15) is 12.5 Å². The molecule has 25 heavy (non-hydrogen) atoms. The molecule has 0 spiro atoms. The van der Waals surface area contributed by atoms with Crippen molar-refractivity contribution in [2.24, 2.45) is 0 Å². The molecule has 1 atom stereocenters. The summed E-state index contributed by atoms with van der Waals surface area (Å²) >= 11 is 0. The molecule has 1 aromatic rings. The topological polar surface area (TPSA) is 82.1 Å². The van der Waals surface area contributed by atoms with Gasteiger partial charge in [0.1, 0.15) is 5.82 Å². The van der Waals surface area contributed by atoms with Gasteiger partial charge in [-0.3, -0.25) is 9.69 Å². The maximum absolute atomic E-state index is 13.8. The van der Waals surface area contributed by atoms with E-state index in [0.717, 1.165) is 0 Å². The number of carbonyl (C=O) groups excluding carboxylic acids is 1. The SMILES string of the molecule is CCc1ccc(NC(=O)N2CCOC(CN(C)CC(=O)O)C2)cc1F. The Morgan fingerprint density at radius 2 is 2.24 bits per heavy atom. The van der Waals surface area contributed by atoms with Crippen LogP contribution in [0.15, 0.2) is 18.2 Å². The number of nitrogens with zero attached hydrogens (tertiary/aromatic N) is 2. The van der Waals surface area contributed by atoms with Gasteiger partial charge in [0.25, 0.3) is 0 Å². The van der Waals surface area contributed by atoms with Gasteiger partial charge in [-0.1, -0.05) is 13.0 Å². The van der Waals surface area contributed by atoms with Crippen molar-refractivity contribution >= 4 is 17.7 Å². The first kappa shape index (κ1) is 19.1. The van der Waals surface area contributed by atoms with Crippen molar-refractivity contribution in [3.05, 3.63) is 29.6 Å². The number of aryl methyl sites for hydroxylation is 1. The number of aliphatic carboxylic acids is 1. The number of ether oxygens (including phenoxy) is 1. The van der Waals surface area contributed by atoms with Crippen LogP contribution in [-0.2, 0) is 16.0 Å². The first-order chi connectivity index (χ1) is 11.9. The second-order valence-corrected chi connectivity index (χ2v) is 6.12. The summed E-state index contributed by atoms with van der Waals surface area (Å²) in [5.41, 5.74) is 1.01. The molecule has 0 radical (unpaired) electrons. The summed E-state index contributed by atoms with van der Waals surface area (Å²) in [6, 6.07) is 4.33. The third kappa shape index (κ3) is 5.68. The summed E-state index contributed by atoms with van der Waals surface area (Å²) < 4.78 is 19.4. The smallest absolute Gasteiger partial charge is 0.322 e. The van der Waals surface area contributed by atoms with Crippen molar-refractivity contribution in [2.75, 3.05) is 45.2 Å². The maximum Gasteiger partial charge on any atom is 0.322 e. The number of nitrogens with one attached hydrogen (secondary N) is 1. The number of morpholine rings is 1. The third-order valence-corrected chi connectivity index (χ3v) is 4.03. The number of amides is 2. The van der Waals surface area contributed by atoms with Crippen LogP contribution in [-0.4, -0.2) is 72.8 Å². The molecule has 1 aliphatic heterocycles. The lowest BCUT2D eigenvalue weighted by molar-refractivity contribution is -0.138. The fourth-order valence-electron chi connectivity index (χ4n) is 2.77. The summed E-state index contributed by atoms with van der Waals surface area (Å²) in [5.74, 6) is -1.25. The Kier molecular flexibility index (Phi) is 6.72. The van der Waals surface area contributed by atoms with Gasteiger partial charge in [0.2, 0.25) is 0 Å². The Hall–Kier alpha value is -2.19. The Morgan fingerprint density at radius 3 is 2.88 bits per heavy atom. The molecule has 2 amide bonds. The van der Waals surface area contributed by atoms with Crippen LogP contribution >= 0.6 is 0 Å². The third-order valence-electron chi connectivity index (χ3n) is 4.03. The van der Waals surface area contributed by atoms with Gasteiger partial charge in [0, 0.05) is 25.3 Å². The molecule has 2 N–H and O–H groups in total. The fraction of sp³-hybridized carbons (Fsp3) is 0.529. The number of anilines is 1. The molecule has 8 heteroatoms. The zero-order chi connectivity index (χ0) is 18.4. The number of rotatable bonds is 6. The molecule has 0 aromatic heterocycles. The summed E-state index contributed by atoms with van der Waals surface area (Å²) in [6.07, 6.45) is 0.331. The van der Waals surface area contributed by atoms with Crippen LogP contribution in [0.2, 0.25) is 0 Å². The van der Waals surface area contributed by atoms with Crippen molar-refractivity contribution in [3.63, 3.8) is 0 Å². The quantitative estimate of drug-likeness (QED) is 0.812. The lowest BCUT2D eigenvalue weighted by Crippen LogP contribution is -2.50. The molecular formula is C17H24FN3O4. The van der Waals surface area contributed by atoms with Crippen molar-refractivity contribution < 1.29 is 23.8 Å². The second-order valence-electron chi connectivity index (χ2n) is 6.12. The van der Waals surface area contributed by atoms with E-state index in [9.17, 15) is 14.0 Å². The minimum Gasteiger partial charge on any atom is -0.480 e. The van der Waals surface area contributed by atoms with Gasteiger partial charge in [-0.25, -0.2) is 9.18 Å². The van der Waals surface area contributed by atoms with E-state index in [-0.39, 0.29) is 24.5 Å². The number of hydrogen-bond acceptors (Lipinski definition) is 4. The second kappa shape index (κ2) is 8.77. The summed E-state index contributed by atoms with van der Waals surface area (Å²) in [5, 5.41) is 11.5. The Morgan fingerprint density at radius 1 is 1.48 bits per heavy atom. The molecule has 1 fully saturated rings. The highest BCUT2D eigenvalue weighted by Crippen LogP contribution is 2.16. The van der Waals surface area contributed by atoms with E-state index in [2.05, 4.69) is 5.32 Å². The number of urea groups is 1. The Balaban J connectivity index is 1.90. The van der Waals surface area contributed by atoms with E-state index in [0.29, 0.717) is 43.9 Å². The van der Waals surface area contributed by atoms with Crippen LogP contribution < -0.4 is 5.32 Å². The summed E-state index contributed by atoms with van der Waals surface area (Å²) in [7, 11) is 1.69. The van der Waals surface area contributed by atoms with Gasteiger partial charge in [0.15, 0.2) is 0 Å². The molecular weight excluding hydrogens is 329 g/mol. The largest absolute Gasteiger partial charge is 0.480 e. The van der Waals surface area contributed by atoms with E-state index >= 15 is 0 Å². The molecule has 1 aliphatic rings. The van der Waals surface area contributed by atoms with Gasteiger partial charge in [-0.2, -0.15) is 0 Å². The van der Waals surface area contributed by atoms with Crippen molar-refractivity contribution in [3.8, 4) is 0 Å². The summed E-state index contributed by atoms with van der Waals surface area (Å²) in [4.78, 5) is 26.3. The molecule has 1 aromatic carbocycles. The molecule has 0 saturated carbocycles. The molecule has 0 aliphatic carbocycles. The van der Waals surface area contributed by atoms with Gasteiger partial charge in [-0.15, -0.1) is 0 Å². The molecule has 1 unspecified atom stereocenters. The standard InChI is InChI=1S/C17H24FN3O4/c1-3-12-4-5-13(8-15(12)18)19-17(24)21-6-7-25-14(10-21)9-20(2)11-16(22)23/h4-5,8,14H,3,6-7,9-11H2,1-2H3,(H,19,24)(H,22,23). The highest BCUT2D eigenvalue weighted by Gasteiger charge is 2.25. The maximum atomic E-state index is 13.8. The fourth-order valence-corrected chi connectivity index (χ4v) is 2.77. The van der Waals surface area contributed by atoms with Gasteiger partial charge < -0.3 is 20.1 Å². The monoisotopic (exact) mass is 353 g/mol. The summed E-state index contributed by atoms with van der Waals surface area (Å²) in [6.45, 7) is 3.35. The predicted molar refractivity (Wildman–Crippen MR) is 91.2 cm³/mol. The van der Waals surface area contributed by atoms with Crippen molar-refractivity contribution in [1.82, 2.24) is 9.80 Å². The average molecular weight is 353 g/mol. The lowest BCUT2D eigenvalue weighted by Gasteiger charge is -2.34. The zero-order valence-electron chi connectivity index (χ0n) is 14.5. The van der Waals surface area contributed by atoms with E-state index in [1.807, 2.05) is 6.92 Å². The van der Waals surface area contributed by atoms with E-state index in [4.69, 9.17) is 9.84 Å². The minimum atomic E-state index is -0.912. The first-order valence-corrected chi connectivity index (χ1v) is 8.25. The number of halogens is 1. The first-order valence-electron chi connectivity index (χ1n) is 8.25. The molecule has 7 nitrogen and oxygen atoms in total. The van der Waals surface area contributed by atoms with Gasteiger partial charge in [0.05, 0.1) is 19.3 Å². The lowest BCUT2D eigenvalue weighted by atomic mass is 10.1. The van der Waals surface area contributed by atoms with Crippen LogP contribution in [0.25, 0.3) is 0 Å². The zero-order valence-corrected chi connectivity index (χ0v) is 14.5. The normalized spacial score (nSPS) is 17.6. The molecule has 0 bridgehead atoms. The van der Waals surface area contributed by atoms with Gasteiger partial charge >= 0.3 is 12.0 Å². The Labute approximate surface area is 146 Å². The molecule has 2 rings (SSSR count). The number of carboxylic acids is 1. The number of carbonyl (C=O) groups is 2.